The molecular formula is C19H22N4O4. The molecule has 0 amide bonds. The molecule has 1 aromatic carbocycles. The molecule has 0 saturated carbocycles. The lowest BCUT2D eigenvalue weighted by molar-refractivity contribution is 0.0390. The Morgan fingerprint density at radius 1 is 1.30 bits per heavy atom. The highest BCUT2D eigenvalue weighted by molar-refractivity contribution is 6.08. The van der Waals surface area contributed by atoms with Crippen molar-refractivity contribution in [3.63, 3.8) is 0 Å². The van der Waals surface area contributed by atoms with E-state index < -0.39 is 5.97 Å². The molecule has 8 nitrogen and oxygen atoms in total. The molecule has 142 valence electrons. The number of para-hydroxylation sites is 2. The molecule has 8 heteroatoms. The van der Waals surface area contributed by atoms with Crippen LogP contribution in [0.15, 0.2) is 24.3 Å². The summed E-state index contributed by atoms with van der Waals surface area (Å²) in [6.07, 6.45) is 2.02. The van der Waals surface area contributed by atoms with Gasteiger partial charge in [0.2, 0.25) is 0 Å². The van der Waals surface area contributed by atoms with E-state index in [0.29, 0.717) is 35.7 Å². The van der Waals surface area contributed by atoms with Gasteiger partial charge in [0, 0.05) is 13.7 Å². The predicted octanol–water partition coefficient (Wildman–Crippen LogP) is 2.15. The van der Waals surface area contributed by atoms with Crippen molar-refractivity contribution in [3.8, 4) is 0 Å². The number of rotatable bonds is 6. The Morgan fingerprint density at radius 2 is 2.07 bits per heavy atom. The fraction of sp³-hybridized carbons (Fsp3) is 0.421. The fourth-order valence-corrected chi connectivity index (χ4v) is 3.38. The maximum atomic E-state index is 12.7. The van der Waals surface area contributed by atoms with Gasteiger partial charge in [-0.3, -0.25) is 0 Å². The summed E-state index contributed by atoms with van der Waals surface area (Å²) in [6, 6.07) is 7.53. The smallest absolute Gasteiger partial charge is 0.344 e. The van der Waals surface area contributed by atoms with Gasteiger partial charge < -0.3 is 24.5 Å². The molecule has 1 aliphatic rings. The lowest BCUT2D eigenvalue weighted by Crippen LogP contribution is -2.18. The van der Waals surface area contributed by atoms with Crippen LogP contribution < -0.4 is 5.73 Å². The molecule has 1 fully saturated rings. The van der Waals surface area contributed by atoms with Crippen LogP contribution >= 0.6 is 0 Å². The fourth-order valence-electron chi connectivity index (χ4n) is 3.38. The van der Waals surface area contributed by atoms with Gasteiger partial charge in [-0.1, -0.05) is 12.1 Å². The highest BCUT2D eigenvalue weighted by Crippen LogP contribution is 2.30. The summed E-state index contributed by atoms with van der Waals surface area (Å²) in [5.41, 5.74) is 9.07. The van der Waals surface area contributed by atoms with E-state index in [4.69, 9.17) is 24.9 Å². The van der Waals surface area contributed by atoms with E-state index in [-0.39, 0.29) is 18.3 Å². The van der Waals surface area contributed by atoms with Gasteiger partial charge in [-0.25, -0.2) is 14.8 Å². The molecule has 0 radical (unpaired) electrons. The highest BCUT2D eigenvalue weighted by atomic mass is 16.6. The number of hydrogen-bond donors (Lipinski definition) is 1. The molecule has 1 aliphatic heterocycles. The molecule has 1 saturated heterocycles. The van der Waals surface area contributed by atoms with Crippen molar-refractivity contribution in [1.29, 1.82) is 0 Å². The van der Waals surface area contributed by atoms with Crippen LogP contribution in [0.4, 0.5) is 5.82 Å². The summed E-state index contributed by atoms with van der Waals surface area (Å²) in [6.45, 7) is 1.73. The number of ether oxygens (including phenoxy) is 3. The SMILES string of the molecule is COCCOC(=O)c1c(N)n(C[C@@H]2CCCO2)c2nc3ccccc3nc12. The minimum Gasteiger partial charge on any atom is -0.459 e. The zero-order chi connectivity index (χ0) is 18.8. The molecule has 0 bridgehead atoms. The average molecular weight is 370 g/mol. The summed E-state index contributed by atoms with van der Waals surface area (Å²) < 4.78 is 17.8. The van der Waals surface area contributed by atoms with Crippen LogP contribution in [-0.2, 0) is 20.8 Å². The van der Waals surface area contributed by atoms with Crippen LogP contribution in [0.5, 0.6) is 0 Å². The van der Waals surface area contributed by atoms with Crippen molar-refractivity contribution in [2.45, 2.75) is 25.5 Å². The van der Waals surface area contributed by atoms with E-state index in [2.05, 4.69) is 4.98 Å². The zero-order valence-corrected chi connectivity index (χ0v) is 15.2. The van der Waals surface area contributed by atoms with Gasteiger partial charge in [-0.2, -0.15) is 0 Å². The molecule has 3 aromatic rings. The van der Waals surface area contributed by atoms with Crippen LogP contribution in [0, 0.1) is 0 Å². The topological polar surface area (TPSA) is 101 Å². The number of nitrogens with two attached hydrogens (primary N) is 1. The van der Waals surface area contributed by atoms with Crippen molar-refractivity contribution >= 4 is 34.0 Å². The Bertz CT molecular complexity index is 979. The first-order valence-electron chi connectivity index (χ1n) is 9.01. The monoisotopic (exact) mass is 370 g/mol. The van der Waals surface area contributed by atoms with Gasteiger partial charge in [0.25, 0.3) is 0 Å². The number of methoxy groups -OCH3 is 1. The minimum atomic E-state index is -0.523. The lowest BCUT2D eigenvalue weighted by Gasteiger charge is -2.13. The summed E-state index contributed by atoms with van der Waals surface area (Å²) in [5.74, 6) is -0.219. The molecule has 1 atom stereocenters. The standard InChI is InChI=1S/C19H22N4O4/c1-25-9-10-27-19(24)15-16-18(22-14-7-3-2-6-13(14)21-16)23(17(15)20)11-12-5-4-8-26-12/h2-3,6-7,12H,4-5,8-11,20H2,1H3/t12-/m0/s1. The average Bonchev–Trinajstić information content (AvgIpc) is 3.27. The lowest BCUT2D eigenvalue weighted by atomic mass is 10.2. The van der Waals surface area contributed by atoms with Crippen LogP contribution in [0.3, 0.4) is 0 Å². The number of fused-ring (bicyclic) bond motifs is 2. The number of carbonyl (C=O) groups is 1. The molecule has 0 spiro atoms. The largest absolute Gasteiger partial charge is 0.459 e. The first kappa shape index (κ1) is 17.7. The summed E-state index contributed by atoms with van der Waals surface area (Å²) >= 11 is 0. The second-order valence-electron chi connectivity index (χ2n) is 6.52. The third kappa shape index (κ3) is 3.33. The first-order chi connectivity index (χ1) is 13.2. The van der Waals surface area contributed by atoms with Gasteiger partial charge >= 0.3 is 5.97 Å². The number of anilines is 1. The van der Waals surface area contributed by atoms with Crippen LogP contribution in [0.1, 0.15) is 23.2 Å². The Labute approximate surface area is 156 Å². The van der Waals surface area contributed by atoms with Gasteiger partial charge in [-0.05, 0) is 25.0 Å². The summed E-state index contributed by atoms with van der Waals surface area (Å²) in [4.78, 5) is 22.0. The number of esters is 1. The molecule has 2 aromatic heterocycles. The Balaban J connectivity index is 1.83. The summed E-state index contributed by atoms with van der Waals surface area (Å²) in [5, 5.41) is 0. The number of aromatic nitrogens is 3. The molecule has 27 heavy (non-hydrogen) atoms. The number of hydrogen-bond acceptors (Lipinski definition) is 7. The second-order valence-corrected chi connectivity index (χ2v) is 6.52. The van der Waals surface area contributed by atoms with E-state index >= 15 is 0 Å². The third-order valence-electron chi connectivity index (χ3n) is 4.73. The Morgan fingerprint density at radius 3 is 2.78 bits per heavy atom. The van der Waals surface area contributed by atoms with Crippen molar-refractivity contribution in [2.75, 3.05) is 32.7 Å². The van der Waals surface area contributed by atoms with E-state index in [1.165, 1.54) is 0 Å². The first-order valence-corrected chi connectivity index (χ1v) is 9.01. The maximum absolute atomic E-state index is 12.7. The van der Waals surface area contributed by atoms with E-state index in [9.17, 15) is 4.79 Å². The molecule has 0 aliphatic carbocycles. The van der Waals surface area contributed by atoms with E-state index in [1.807, 2.05) is 28.8 Å². The van der Waals surface area contributed by atoms with Crippen LogP contribution in [-0.4, -0.2) is 53.5 Å². The van der Waals surface area contributed by atoms with Crippen molar-refractivity contribution in [3.05, 3.63) is 29.8 Å². The highest BCUT2D eigenvalue weighted by Gasteiger charge is 2.27. The van der Waals surface area contributed by atoms with E-state index in [0.717, 1.165) is 25.0 Å². The molecular weight excluding hydrogens is 348 g/mol. The Hall–Kier alpha value is -2.71. The number of nitrogens with zero attached hydrogens (tertiary/aromatic N) is 3. The van der Waals surface area contributed by atoms with Gasteiger partial charge in [0.15, 0.2) is 5.65 Å². The van der Waals surface area contributed by atoms with Crippen molar-refractivity contribution < 1.29 is 19.0 Å². The van der Waals surface area contributed by atoms with E-state index in [1.54, 1.807) is 7.11 Å². The number of benzene rings is 1. The molecule has 0 unspecified atom stereocenters. The van der Waals surface area contributed by atoms with Gasteiger partial charge in [0.1, 0.15) is 23.5 Å². The number of carbonyl (C=O) groups excluding carboxylic acids is 1. The minimum absolute atomic E-state index is 0.0496. The third-order valence-corrected chi connectivity index (χ3v) is 4.73. The second kappa shape index (κ2) is 7.50. The number of nitrogen functional groups attached to an aromatic ring is 1. The molecule has 3 heterocycles. The Kier molecular flexibility index (Phi) is 4.91. The van der Waals surface area contributed by atoms with Crippen LogP contribution in [0.25, 0.3) is 22.2 Å². The maximum Gasteiger partial charge on any atom is 0.344 e. The zero-order valence-electron chi connectivity index (χ0n) is 15.2. The normalized spacial score (nSPS) is 17.0. The summed E-state index contributed by atoms with van der Waals surface area (Å²) in [7, 11) is 1.55. The van der Waals surface area contributed by atoms with Gasteiger partial charge in [-0.15, -0.1) is 0 Å². The predicted molar refractivity (Wildman–Crippen MR) is 101 cm³/mol. The van der Waals surface area contributed by atoms with Gasteiger partial charge in [0.05, 0.1) is 30.3 Å². The quantitative estimate of drug-likeness (QED) is 0.524. The molecule has 2 N–H and O–H groups in total. The van der Waals surface area contributed by atoms with Crippen LogP contribution in [0.2, 0.25) is 0 Å². The van der Waals surface area contributed by atoms with Crippen molar-refractivity contribution in [2.24, 2.45) is 0 Å². The van der Waals surface area contributed by atoms with Crippen molar-refractivity contribution in [1.82, 2.24) is 14.5 Å². The molecule has 4 rings (SSSR count).